The molecule has 2 heterocycles. The minimum Gasteiger partial charge on any atom is -0.456 e. The fourth-order valence-electron chi connectivity index (χ4n) is 5.68. The Labute approximate surface area is 225 Å². The molecule has 0 aliphatic heterocycles. The minimum atomic E-state index is 0.676. The van der Waals surface area contributed by atoms with Crippen molar-refractivity contribution in [3.05, 3.63) is 126 Å². The average molecular weight is 502 g/mol. The van der Waals surface area contributed by atoms with Crippen molar-refractivity contribution >= 4 is 21.9 Å². The van der Waals surface area contributed by atoms with Crippen molar-refractivity contribution < 1.29 is 4.42 Å². The molecule has 0 saturated heterocycles. The van der Waals surface area contributed by atoms with Crippen LogP contribution in [-0.2, 0) is 12.8 Å². The molecule has 184 valence electrons. The Bertz CT molecular complexity index is 1950. The summed E-state index contributed by atoms with van der Waals surface area (Å²) in [5, 5.41) is 2.37. The molecule has 2 aromatic heterocycles. The van der Waals surface area contributed by atoms with E-state index in [1.54, 1.807) is 0 Å². The van der Waals surface area contributed by atoms with Gasteiger partial charge in [-0.2, -0.15) is 0 Å². The van der Waals surface area contributed by atoms with Crippen molar-refractivity contribution in [2.75, 3.05) is 0 Å². The van der Waals surface area contributed by atoms with E-state index in [2.05, 4.69) is 42.5 Å². The maximum absolute atomic E-state index is 6.21. The van der Waals surface area contributed by atoms with Crippen LogP contribution in [0.4, 0.5) is 0 Å². The van der Waals surface area contributed by atoms with Gasteiger partial charge in [0.25, 0.3) is 0 Å². The zero-order chi connectivity index (χ0) is 25.8. The second-order valence-electron chi connectivity index (χ2n) is 10.0. The van der Waals surface area contributed by atoms with E-state index < -0.39 is 0 Å². The summed E-state index contributed by atoms with van der Waals surface area (Å²) in [6.45, 7) is 0. The van der Waals surface area contributed by atoms with E-state index >= 15 is 0 Å². The summed E-state index contributed by atoms with van der Waals surface area (Å²) in [7, 11) is 0. The average Bonchev–Trinajstić information content (AvgIpc) is 3.38. The predicted molar refractivity (Wildman–Crippen MR) is 156 cm³/mol. The van der Waals surface area contributed by atoms with E-state index in [4.69, 9.17) is 19.4 Å². The van der Waals surface area contributed by atoms with E-state index in [0.29, 0.717) is 17.5 Å². The SMILES string of the molecule is c1ccc(-c2nc(-c3ccccc3)nc(-c3ccc4c(c3)CCc3cc5c(cc3-4)oc3ccccc35)n2)cc1. The van der Waals surface area contributed by atoms with Gasteiger partial charge in [0.05, 0.1) is 0 Å². The first-order chi connectivity index (χ1) is 19.3. The van der Waals surface area contributed by atoms with Gasteiger partial charge in [-0.1, -0.05) is 91.0 Å². The Morgan fingerprint density at radius 1 is 0.436 bits per heavy atom. The van der Waals surface area contributed by atoms with Crippen molar-refractivity contribution in [3.8, 4) is 45.3 Å². The molecule has 1 aliphatic carbocycles. The van der Waals surface area contributed by atoms with E-state index in [9.17, 15) is 0 Å². The van der Waals surface area contributed by atoms with Crippen molar-refractivity contribution in [1.82, 2.24) is 15.0 Å². The number of nitrogens with zero attached hydrogens (tertiary/aromatic N) is 3. The van der Waals surface area contributed by atoms with E-state index in [-0.39, 0.29) is 0 Å². The number of benzene rings is 5. The molecule has 8 rings (SSSR count). The first kappa shape index (κ1) is 21.9. The van der Waals surface area contributed by atoms with Crippen LogP contribution in [0, 0.1) is 0 Å². The van der Waals surface area contributed by atoms with Gasteiger partial charge in [-0.25, -0.2) is 15.0 Å². The highest BCUT2D eigenvalue weighted by Gasteiger charge is 2.21. The zero-order valence-corrected chi connectivity index (χ0v) is 21.1. The van der Waals surface area contributed by atoms with Gasteiger partial charge in [0, 0.05) is 27.5 Å². The van der Waals surface area contributed by atoms with Crippen LogP contribution in [0.1, 0.15) is 11.1 Å². The molecule has 0 saturated carbocycles. The molecule has 4 heteroatoms. The minimum absolute atomic E-state index is 0.676. The Morgan fingerprint density at radius 2 is 1.03 bits per heavy atom. The van der Waals surface area contributed by atoms with Crippen LogP contribution in [0.25, 0.3) is 67.2 Å². The number of hydrogen-bond donors (Lipinski definition) is 0. The molecular formula is C35H23N3O. The molecular weight excluding hydrogens is 478 g/mol. The maximum Gasteiger partial charge on any atom is 0.164 e. The van der Waals surface area contributed by atoms with Gasteiger partial charge in [0.2, 0.25) is 0 Å². The van der Waals surface area contributed by atoms with Crippen LogP contribution in [0.5, 0.6) is 0 Å². The molecule has 0 radical (unpaired) electrons. The summed E-state index contributed by atoms with van der Waals surface area (Å²) in [6.07, 6.45) is 1.96. The lowest BCUT2D eigenvalue weighted by Gasteiger charge is -2.20. The van der Waals surface area contributed by atoms with Crippen molar-refractivity contribution in [2.45, 2.75) is 12.8 Å². The number of rotatable bonds is 3. The van der Waals surface area contributed by atoms with E-state index in [1.165, 1.54) is 33.0 Å². The number of aryl methyl sites for hydroxylation is 2. The third kappa shape index (κ3) is 3.72. The maximum atomic E-state index is 6.21. The molecule has 7 aromatic rings. The lowest BCUT2D eigenvalue weighted by Crippen LogP contribution is -2.05. The number of para-hydroxylation sites is 1. The fraction of sp³-hybridized carbons (Fsp3) is 0.0571. The number of aromatic nitrogens is 3. The Morgan fingerprint density at radius 3 is 1.72 bits per heavy atom. The van der Waals surface area contributed by atoms with Crippen LogP contribution in [0.3, 0.4) is 0 Å². The molecule has 0 fully saturated rings. The highest BCUT2D eigenvalue weighted by Crippen LogP contribution is 2.40. The standard InChI is InChI=1S/C35H23N3O/c1-3-9-22(10-4-1)33-36-34(23-11-5-2-6-12-23)38-35(37-33)26-17-18-27-24(19-26)15-16-25-20-30-28-13-7-8-14-31(28)39-32(30)21-29(25)27/h1-14,17-21H,15-16H2. The van der Waals surface area contributed by atoms with Crippen LogP contribution in [0.15, 0.2) is 120 Å². The normalized spacial score (nSPS) is 12.4. The lowest BCUT2D eigenvalue weighted by molar-refractivity contribution is 0.669. The van der Waals surface area contributed by atoms with Gasteiger partial charge in [0.15, 0.2) is 17.5 Å². The first-order valence-corrected chi connectivity index (χ1v) is 13.2. The van der Waals surface area contributed by atoms with Gasteiger partial charge in [-0.05, 0) is 59.4 Å². The van der Waals surface area contributed by atoms with Gasteiger partial charge in [0.1, 0.15) is 11.2 Å². The van der Waals surface area contributed by atoms with E-state index in [0.717, 1.165) is 40.7 Å². The number of furan rings is 1. The van der Waals surface area contributed by atoms with Gasteiger partial charge in [-0.3, -0.25) is 0 Å². The monoisotopic (exact) mass is 501 g/mol. The highest BCUT2D eigenvalue weighted by atomic mass is 16.3. The van der Waals surface area contributed by atoms with Crippen LogP contribution in [-0.4, -0.2) is 15.0 Å². The summed E-state index contributed by atoms with van der Waals surface area (Å²) in [5.41, 5.74) is 9.99. The molecule has 0 amide bonds. The van der Waals surface area contributed by atoms with Gasteiger partial charge >= 0.3 is 0 Å². The number of hydrogen-bond acceptors (Lipinski definition) is 4. The molecule has 0 atom stereocenters. The highest BCUT2D eigenvalue weighted by molar-refractivity contribution is 6.06. The lowest BCUT2D eigenvalue weighted by atomic mass is 9.84. The molecule has 0 spiro atoms. The van der Waals surface area contributed by atoms with Crippen molar-refractivity contribution in [3.63, 3.8) is 0 Å². The number of fused-ring (bicyclic) bond motifs is 6. The topological polar surface area (TPSA) is 51.8 Å². The Balaban J connectivity index is 1.26. The summed E-state index contributed by atoms with van der Waals surface area (Å²) in [4.78, 5) is 14.7. The quantitative estimate of drug-likeness (QED) is 0.243. The molecule has 0 N–H and O–H groups in total. The summed E-state index contributed by atoms with van der Waals surface area (Å²) in [6, 6.07) is 39.6. The van der Waals surface area contributed by atoms with Crippen molar-refractivity contribution in [2.24, 2.45) is 0 Å². The zero-order valence-electron chi connectivity index (χ0n) is 21.1. The van der Waals surface area contributed by atoms with Crippen LogP contribution < -0.4 is 0 Å². The molecule has 0 bridgehead atoms. The third-order valence-corrected chi connectivity index (χ3v) is 7.62. The summed E-state index contributed by atoms with van der Waals surface area (Å²) < 4.78 is 6.21. The fourth-order valence-corrected chi connectivity index (χ4v) is 5.68. The van der Waals surface area contributed by atoms with Crippen LogP contribution in [0.2, 0.25) is 0 Å². The molecule has 4 nitrogen and oxygen atoms in total. The predicted octanol–water partition coefficient (Wildman–Crippen LogP) is 8.54. The van der Waals surface area contributed by atoms with Gasteiger partial charge in [-0.15, -0.1) is 0 Å². The smallest absolute Gasteiger partial charge is 0.164 e. The largest absolute Gasteiger partial charge is 0.456 e. The molecule has 0 unspecified atom stereocenters. The van der Waals surface area contributed by atoms with Crippen LogP contribution >= 0.6 is 0 Å². The van der Waals surface area contributed by atoms with E-state index in [1.807, 2.05) is 72.8 Å². The third-order valence-electron chi connectivity index (χ3n) is 7.62. The Kier molecular flexibility index (Phi) is 4.92. The van der Waals surface area contributed by atoms with Gasteiger partial charge < -0.3 is 4.42 Å². The molecule has 5 aromatic carbocycles. The second-order valence-corrected chi connectivity index (χ2v) is 10.0. The first-order valence-electron chi connectivity index (χ1n) is 13.2. The molecule has 39 heavy (non-hydrogen) atoms. The second kappa shape index (κ2) is 8.74. The van der Waals surface area contributed by atoms with Crippen molar-refractivity contribution in [1.29, 1.82) is 0 Å². The Hall–Kier alpha value is -5.09. The molecule has 1 aliphatic rings. The summed E-state index contributed by atoms with van der Waals surface area (Å²) in [5.74, 6) is 2.04. The summed E-state index contributed by atoms with van der Waals surface area (Å²) >= 11 is 0.